The van der Waals surface area contributed by atoms with Crippen LogP contribution in [0.2, 0.25) is 0 Å². The lowest BCUT2D eigenvalue weighted by atomic mass is 9.99. The van der Waals surface area contributed by atoms with Gasteiger partial charge in [-0.15, -0.1) is 11.8 Å². The Morgan fingerprint density at radius 2 is 1.84 bits per heavy atom. The van der Waals surface area contributed by atoms with Crippen LogP contribution < -0.4 is 10.6 Å². The summed E-state index contributed by atoms with van der Waals surface area (Å²) in [5.41, 5.74) is 1.03. The van der Waals surface area contributed by atoms with Gasteiger partial charge in [0.2, 0.25) is 5.16 Å². The number of aromatic amines is 1. The molecule has 0 bridgehead atoms. The van der Waals surface area contributed by atoms with Crippen LogP contribution in [0.1, 0.15) is 41.9 Å². The van der Waals surface area contributed by atoms with Crippen molar-refractivity contribution < 1.29 is 18.0 Å². The number of aromatic nitrogens is 4. The molecule has 0 aliphatic heterocycles. The van der Waals surface area contributed by atoms with Crippen molar-refractivity contribution in [1.82, 2.24) is 19.9 Å². The monoisotopic (exact) mass is 568 g/mol. The van der Waals surface area contributed by atoms with Crippen LogP contribution in [0.5, 0.6) is 0 Å². The van der Waals surface area contributed by atoms with Crippen LogP contribution in [0.15, 0.2) is 75.3 Å². The van der Waals surface area contributed by atoms with Crippen LogP contribution in [-0.4, -0.2) is 40.2 Å². The first-order valence-electron chi connectivity index (χ1n) is 11.9. The van der Waals surface area contributed by atoms with Crippen LogP contribution in [0.4, 0.5) is 15.6 Å². The Kier molecular flexibility index (Phi) is 7.86. The van der Waals surface area contributed by atoms with Gasteiger partial charge in [0.15, 0.2) is 15.1 Å². The Balaban J connectivity index is 1.33. The van der Waals surface area contributed by atoms with E-state index in [1.807, 2.05) is 30.3 Å². The summed E-state index contributed by atoms with van der Waals surface area (Å²) in [5.74, 6) is 0.235. The highest BCUT2D eigenvalue weighted by Gasteiger charge is 2.29. The number of nitrogens with zero attached hydrogens (tertiary/aromatic N) is 3. The number of carbonyl (C=O) groups excluding carboxylic acids is 2. The molecule has 2 amide bonds. The maximum atomic E-state index is 13.2. The summed E-state index contributed by atoms with van der Waals surface area (Å²) in [6.07, 6.45) is 8.06. The predicted octanol–water partition coefficient (Wildman–Crippen LogP) is 5.40. The number of hydrogen-bond acceptors (Lipinski definition) is 9. The number of nitrogens with one attached hydrogen (secondary N) is 3. The number of urea groups is 1. The van der Waals surface area contributed by atoms with Gasteiger partial charge >= 0.3 is 6.03 Å². The first-order chi connectivity index (χ1) is 18.4. The van der Waals surface area contributed by atoms with Crippen LogP contribution >= 0.6 is 23.1 Å². The molecule has 1 saturated carbocycles. The lowest BCUT2D eigenvalue weighted by Crippen LogP contribution is -2.20. The highest BCUT2D eigenvalue weighted by Crippen LogP contribution is 2.35. The standard InChI is InChI=1S/C25H24N6O4S3/c32-21(16-6-4-5-7-16)19-14-17(10-11-26-19)29-23(33)31-24-30-20(15-36-18-8-2-1-3-9-18)22(37-24)38(34,35)25-27-12-13-28-25/h1-3,8-14,16H,4-7,15H2,(H,27,28)(H2,26,29,30,31,33). The number of carbonyl (C=O) groups is 2. The second kappa shape index (κ2) is 11.5. The van der Waals surface area contributed by atoms with E-state index in [1.54, 1.807) is 12.1 Å². The van der Waals surface area contributed by atoms with Gasteiger partial charge in [-0.3, -0.25) is 15.1 Å². The minimum absolute atomic E-state index is 0.000427. The number of ketones is 1. The third-order valence-corrected chi connectivity index (χ3v) is 10.2. The fourth-order valence-corrected chi connectivity index (χ4v) is 7.84. The molecule has 1 aromatic carbocycles. The van der Waals surface area contributed by atoms with Crippen LogP contribution in [0.25, 0.3) is 0 Å². The molecule has 38 heavy (non-hydrogen) atoms. The molecule has 13 heteroatoms. The number of anilines is 2. The molecule has 10 nitrogen and oxygen atoms in total. The summed E-state index contributed by atoms with van der Waals surface area (Å²) in [4.78, 5) is 41.5. The van der Waals surface area contributed by atoms with Crippen molar-refractivity contribution in [1.29, 1.82) is 0 Å². The molecule has 0 saturated heterocycles. The molecule has 0 spiro atoms. The van der Waals surface area contributed by atoms with Gasteiger partial charge in [-0.25, -0.2) is 23.2 Å². The topological polar surface area (TPSA) is 147 Å². The van der Waals surface area contributed by atoms with E-state index in [9.17, 15) is 18.0 Å². The van der Waals surface area contributed by atoms with Crippen molar-refractivity contribution in [2.45, 2.75) is 45.7 Å². The summed E-state index contributed by atoms with van der Waals surface area (Å²) in [5, 5.41) is 5.22. The Labute approximate surface area is 227 Å². The molecule has 1 aliphatic rings. The zero-order valence-corrected chi connectivity index (χ0v) is 22.5. The van der Waals surface area contributed by atoms with Gasteiger partial charge in [0.25, 0.3) is 9.84 Å². The van der Waals surface area contributed by atoms with E-state index in [4.69, 9.17) is 0 Å². The van der Waals surface area contributed by atoms with Crippen molar-refractivity contribution in [3.63, 3.8) is 0 Å². The molecule has 1 fully saturated rings. The molecule has 0 radical (unpaired) electrons. The van der Waals surface area contributed by atoms with E-state index in [-0.39, 0.29) is 32.0 Å². The van der Waals surface area contributed by atoms with Crippen LogP contribution in [0, 0.1) is 5.92 Å². The maximum absolute atomic E-state index is 13.2. The maximum Gasteiger partial charge on any atom is 0.325 e. The summed E-state index contributed by atoms with van der Waals surface area (Å²) < 4.78 is 26.5. The van der Waals surface area contributed by atoms with Crippen molar-refractivity contribution >= 4 is 55.6 Å². The average molecular weight is 569 g/mol. The van der Waals surface area contributed by atoms with E-state index in [0.717, 1.165) is 41.9 Å². The lowest BCUT2D eigenvalue weighted by molar-refractivity contribution is 0.0917. The SMILES string of the molecule is O=C(Nc1ccnc(C(=O)C2CCCC2)c1)Nc1nc(CSc2ccccc2)c(S(=O)(=O)c2ncc[nH]2)s1. The van der Waals surface area contributed by atoms with E-state index in [0.29, 0.717) is 17.1 Å². The Bertz CT molecular complexity index is 1530. The van der Waals surface area contributed by atoms with E-state index in [1.165, 1.54) is 30.4 Å². The van der Waals surface area contributed by atoms with Crippen molar-refractivity contribution in [3.05, 3.63) is 72.4 Å². The van der Waals surface area contributed by atoms with Gasteiger partial charge in [-0.1, -0.05) is 42.4 Å². The molecule has 3 heterocycles. The van der Waals surface area contributed by atoms with Crippen LogP contribution in [-0.2, 0) is 15.6 Å². The number of amides is 2. The van der Waals surface area contributed by atoms with Crippen molar-refractivity contribution in [3.8, 4) is 0 Å². The number of imidazole rings is 1. The number of pyridine rings is 1. The number of sulfone groups is 1. The predicted molar refractivity (Wildman–Crippen MR) is 145 cm³/mol. The highest BCUT2D eigenvalue weighted by atomic mass is 32.2. The zero-order chi connectivity index (χ0) is 26.5. The summed E-state index contributed by atoms with van der Waals surface area (Å²) in [6.45, 7) is 0. The number of thioether (sulfide) groups is 1. The first kappa shape index (κ1) is 26.1. The van der Waals surface area contributed by atoms with E-state index < -0.39 is 15.9 Å². The number of hydrogen-bond donors (Lipinski definition) is 3. The number of thiazole rings is 1. The molecular weight excluding hydrogens is 545 g/mol. The minimum atomic E-state index is -3.97. The Morgan fingerprint density at radius 1 is 1.05 bits per heavy atom. The summed E-state index contributed by atoms with van der Waals surface area (Å²) in [7, 11) is -3.97. The quantitative estimate of drug-likeness (QED) is 0.180. The van der Waals surface area contributed by atoms with E-state index in [2.05, 4.69) is 30.6 Å². The highest BCUT2D eigenvalue weighted by molar-refractivity contribution is 7.98. The molecule has 4 aromatic rings. The average Bonchev–Trinajstić information content (AvgIpc) is 3.70. The lowest BCUT2D eigenvalue weighted by Gasteiger charge is -2.09. The van der Waals surface area contributed by atoms with Gasteiger partial charge in [-0.2, -0.15) is 0 Å². The molecule has 1 aliphatic carbocycles. The zero-order valence-electron chi connectivity index (χ0n) is 20.1. The van der Waals surface area contributed by atoms with Gasteiger partial charge in [-0.05, 0) is 37.1 Å². The molecule has 0 unspecified atom stereocenters. The second-order valence-electron chi connectivity index (χ2n) is 8.61. The fraction of sp³-hybridized carbons (Fsp3) is 0.240. The molecule has 3 N–H and O–H groups in total. The Morgan fingerprint density at radius 3 is 2.58 bits per heavy atom. The number of rotatable bonds is 9. The van der Waals surface area contributed by atoms with Gasteiger partial charge in [0.05, 0.1) is 5.69 Å². The normalized spacial score (nSPS) is 13.9. The van der Waals surface area contributed by atoms with Crippen molar-refractivity contribution in [2.24, 2.45) is 5.92 Å². The number of benzene rings is 1. The Hall–Kier alpha value is -3.55. The van der Waals surface area contributed by atoms with E-state index >= 15 is 0 Å². The van der Waals surface area contributed by atoms with Crippen molar-refractivity contribution in [2.75, 3.05) is 10.6 Å². The first-order valence-corrected chi connectivity index (χ1v) is 15.2. The molecule has 3 aromatic heterocycles. The molecule has 5 rings (SSSR count). The summed E-state index contributed by atoms with van der Waals surface area (Å²) >= 11 is 2.29. The van der Waals surface area contributed by atoms with Gasteiger partial charge < -0.3 is 10.3 Å². The number of Topliss-reactive ketones (excluding diaryl/α,β-unsaturated/α-hetero) is 1. The fourth-order valence-electron chi connectivity index (χ4n) is 4.15. The van der Waals surface area contributed by atoms with Gasteiger partial charge in [0.1, 0.15) is 5.69 Å². The molecule has 196 valence electrons. The third-order valence-electron chi connectivity index (χ3n) is 5.97. The number of H-pyrrole nitrogens is 1. The molecule has 0 atom stereocenters. The smallest absolute Gasteiger partial charge is 0.325 e. The summed E-state index contributed by atoms with van der Waals surface area (Å²) in [6, 6.07) is 12.1. The largest absolute Gasteiger partial charge is 0.335 e. The molecular formula is C25H24N6O4S3. The third kappa shape index (κ3) is 5.95. The second-order valence-corrected chi connectivity index (χ2v) is 12.7. The van der Waals surface area contributed by atoms with Crippen LogP contribution in [0.3, 0.4) is 0 Å². The van der Waals surface area contributed by atoms with Gasteiger partial charge in [0, 0.05) is 40.8 Å². The minimum Gasteiger partial charge on any atom is -0.335 e.